The van der Waals surface area contributed by atoms with Crippen LogP contribution in [0.3, 0.4) is 0 Å². The van der Waals surface area contributed by atoms with Crippen LogP contribution in [0.25, 0.3) is 0 Å². The molecule has 28 heavy (non-hydrogen) atoms. The van der Waals surface area contributed by atoms with Crippen molar-refractivity contribution >= 4 is 17.7 Å². The fraction of sp³-hybridized carbons (Fsp3) is 0.571. The predicted molar refractivity (Wildman–Crippen MR) is 104 cm³/mol. The van der Waals surface area contributed by atoms with Crippen LogP contribution >= 0.6 is 0 Å². The zero-order valence-electron chi connectivity index (χ0n) is 16.2. The smallest absolute Gasteiger partial charge is 0.255 e. The summed E-state index contributed by atoms with van der Waals surface area (Å²) in [5, 5.41) is 2.35. The van der Waals surface area contributed by atoms with Crippen molar-refractivity contribution in [1.29, 1.82) is 0 Å². The fourth-order valence-corrected chi connectivity index (χ4v) is 4.79. The summed E-state index contributed by atoms with van der Waals surface area (Å²) < 4.78 is 0. The second kappa shape index (κ2) is 8.01. The van der Waals surface area contributed by atoms with Crippen LogP contribution in [0.2, 0.25) is 0 Å². The summed E-state index contributed by atoms with van der Waals surface area (Å²) in [6, 6.07) is 6.03. The van der Waals surface area contributed by atoms with E-state index < -0.39 is 6.04 Å². The van der Waals surface area contributed by atoms with E-state index in [4.69, 9.17) is 5.73 Å². The number of carbonyl (C=O) groups excluding carboxylic acids is 3. The van der Waals surface area contributed by atoms with Crippen LogP contribution in [0, 0.1) is 0 Å². The van der Waals surface area contributed by atoms with Gasteiger partial charge in [0.05, 0.1) is 0 Å². The first-order valence-corrected chi connectivity index (χ1v) is 10.3. The van der Waals surface area contributed by atoms with E-state index in [0.29, 0.717) is 31.1 Å². The summed E-state index contributed by atoms with van der Waals surface area (Å²) >= 11 is 0. The normalized spacial score (nSPS) is 22.9. The van der Waals surface area contributed by atoms with Gasteiger partial charge < -0.3 is 10.6 Å². The second-order valence-corrected chi connectivity index (χ2v) is 8.09. The third kappa shape index (κ3) is 3.69. The van der Waals surface area contributed by atoms with Crippen molar-refractivity contribution < 1.29 is 14.4 Å². The molecule has 3 N–H and O–H groups in total. The Labute approximate surface area is 165 Å². The van der Waals surface area contributed by atoms with E-state index in [1.807, 2.05) is 12.1 Å². The summed E-state index contributed by atoms with van der Waals surface area (Å²) in [4.78, 5) is 40.4. The van der Waals surface area contributed by atoms with Gasteiger partial charge in [0.15, 0.2) is 0 Å². The maximum atomic E-state index is 12.8. The van der Waals surface area contributed by atoms with Gasteiger partial charge in [0, 0.05) is 44.2 Å². The molecule has 2 aliphatic heterocycles. The minimum Gasteiger partial charge on any atom is -0.329 e. The highest BCUT2D eigenvalue weighted by molar-refractivity contribution is 6.05. The molecule has 1 aliphatic carbocycles. The van der Waals surface area contributed by atoms with Crippen LogP contribution in [0.1, 0.15) is 60.0 Å². The number of benzene rings is 1. The topological polar surface area (TPSA) is 95.7 Å². The molecule has 4 rings (SSSR count). The molecule has 2 fully saturated rings. The monoisotopic (exact) mass is 384 g/mol. The molecule has 1 unspecified atom stereocenters. The SMILES string of the molecule is NCCN(Cc1ccc2c(c1)CN(C1CCC(=O)NC1=O)C2=O)C1CCCC1. The predicted octanol–water partition coefficient (Wildman–Crippen LogP) is 1.15. The molecule has 1 saturated carbocycles. The first-order chi connectivity index (χ1) is 13.6. The van der Waals surface area contributed by atoms with E-state index in [2.05, 4.69) is 16.3 Å². The van der Waals surface area contributed by atoms with Gasteiger partial charge in [-0.15, -0.1) is 0 Å². The van der Waals surface area contributed by atoms with Crippen molar-refractivity contribution in [3.8, 4) is 0 Å². The molecule has 3 aliphatic rings. The lowest BCUT2D eigenvalue weighted by Gasteiger charge is -2.29. The van der Waals surface area contributed by atoms with Crippen LogP contribution < -0.4 is 11.1 Å². The minimum atomic E-state index is -0.562. The highest BCUT2D eigenvalue weighted by atomic mass is 16.2. The van der Waals surface area contributed by atoms with Gasteiger partial charge in [-0.3, -0.25) is 24.6 Å². The number of amides is 3. The molecule has 0 aromatic heterocycles. The number of hydrogen-bond acceptors (Lipinski definition) is 5. The largest absolute Gasteiger partial charge is 0.329 e. The second-order valence-electron chi connectivity index (χ2n) is 8.09. The maximum absolute atomic E-state index is 12.8. The first kappa shape index (κ1) is 19.1. The summed E-state index contributed by atoms with van der Waals surface area (Å²) in [5.74, 6) is -0.752. The lowest BCUT2D eigenvalue weighted by molar-refractivity contribution is -0.136. The number of nitrogens with one attached hydrogen (secondary N) is 1. The van der Waals surface area contributed by atoms with E-state index in [-0.39, 0.29) is 24.1 Å². The van der Waals surface area contributed by atoms with E-state index in [1.165, 1.54) is 31.2 Å². The lowest BCUT2D eigenvalue weighted by Crippen LogP contribution is -2.52. The molecular formula is C21H28N4O3. The van der Waals surface area contributed by atoms with Gasteiger partial charge >= 0.3 is 0 Å². The third-order valence-electron chi connectivity index (χ3n) is 6.23. The van der Waals surface area contributed by atoms with Crippen molar-refractivity contribution in [2.45, 2.75) is 63.7 Å². The minimum absolute atomic E-state index is 0.120. The average Bonchev–Trinajstić information content (AvgIpc) is 3.30. The molecule has 1 aromatic rings. The van der Waals surface area contributed by atoms with Gasteiger partial charge in [-0.05, 0) is 36.5 Å². The van der Waals surface area contributed by atoms with E-state index in [1.54, 1.807) is 4.90 Å². The number of rotatable bonds is 6. The summed E-state index contributed by atoms with van der Waals surface area (Å²) in [6.07, 6.45) is 5.69. The number of nitrogens with zero attached hydrogens (tertiary/aromatic N) is 2. The molecule has 7 heteroatoms. The number of nitrogens with two attached hydrogens (primary N) is 1. The molecule has 1 saturated heterocycles. The number of fused-ring (bicyclic) bond motifs is 1. The zero-order chi connectivity index (χ0) is 19.7. The number of piperidine rings is 1. The molecule has 1 aromatic carbocycles. The fourth-order valence-electron chi connectivity index (χ4n) is 4.79. The van der Waals surface area contributed by atoms with Gasteiger partial charge in [0.1, 0.15) is 6.04 Å². The molecule has 2 heterocycles. The Hall–Kier alpha value is -2.25. The number of carbonyl (C=O) groups is 3. The van der Waals surface area contributed by atoms with Crippen LogP contribution in [-0.2, 0) is 22.7 Å². The zero-order valence-corrected chi connectivity index (χ0v) is 16.2. The van der Waals surface area contributed by atoms with Crippen molar-refractivity contribution in [2.75, 3.05) is 13.1 Å². The van der Waals surface area contributed by atoms with Crippen molar-refractivity contribution in [2.24, 2.45) is 5.73 Å². The number of imide groups is 1. The molecule has 150 valence electrons. The Morgan fingerprint density at radius 2 is 1.93 bits per heavy atom. The standard InChI is InChI=1S/C21H28N4O3/c22-9-10-24(16-3-1-2-4-16)12-14-5-6-17-15(11-14)13-25(21(17)28)18-7-8-19(26)23-20(18)27/h5-6,11,16,18H,1-4,7-10,12-13,22H2,(H,23,26,27). The summed E-state index contributed by atoms with van der Waals surface area (Å²) in [7, 11) is 0. The van der Waals surface area contributed by atoms with Crippen LogP contribution in [0.4, 0.5) is 0 Å². The average molecular weight is 384 g/mol. The lowest BCUT2D eigenvalue weighted by atomic mass is 10.0. The summed E-state index contributed by atoms with van der Waals surface area (Å²) in [6.45, 7) is 2.78. The van der Waals surface area contributed by atoms with E-state index in [9.17, 15) is 14.4 Å². The van der Waals surface area contributed by atoms with Crippen LogP contribution in [-0.4, -0.2) is 52.7 Å². The van der Waals surface area contributed by atoms with Gasteiger partial charge in [-0.2, -0.15) is 0 Å². The molecular weight excluding hydrogens is 356 g/mol. The van der Waals surface area contributed by atoms with E-state index in [0.717, 1.165) is 18.7 Å². The highest BCUT2D eigenvalue weighted by Crippen LogP contribution is 2.30. The van der Waals surface area contributed by atoms with Crippen LogP contribution in [0.5, 0.6) is 0 Å². The molecule has 7 nitrogen and oxygen atoms in total. The van der Waals surface area contributed by atoms with Gasteiger partial charge in [-0.1, -0.05) is 25.0 Å². The Morgan fingerprint density at radius 3 is 2.64 bits per heavy atom. The van der Waals surface area contributed by atoms with Gasteiger partial charge in [0.25, 0.3) is 5.91 Å². The molecule has 0 spiro atoms. The summed E-state index contributed by atoms with van der Waals surface area (Å²) in [5.41, 5.74) is 8.64. The molecule has 0 bridgehead atoms. The third-order valence-corrected chi connectivity index (χ3v) is 6.23. The van der Waals surface area contributed by atoms with Crippen molar-refractivity contribution in [3.05, 3.63) is 34.9 Å². The van der Waals surface area contributed by atoms with Crippen molar-refractivity contribution in [1.82, 2.24) is 15.1 Å². The maximum Gasteiger partial charge on any atom is 0.255 e. The van der Waals surface area contributed by atoms with E-state index >= 15 is 0 Å². The van der Waals surface area contributed by atoms with Crippen molar-refractivity contribution in [3.63, 3.8) is 0 Å². The Morgan fingerprint density at radius 1 is 1.14 bits per heavy atom. The first-order valence-electron chi connectivity index (χ1n) is 10.3. The Bertz CT molecular complexity index is 788. The van der Waals surface area contributed by atoms with Crippen LogP contribution in [0.15, 0.2) is 18.2 Å². The van der Waals surface area contributed by atoms with Gasteiger partial charge in [-0.25, -0.2) is 0 Å². The van der Waals surface area contributed by atoms with Gasteiger partial charge in [0.2, 0.25) is 11.8 Å². The number of hydrogen-bond donors (Lipinski definition) is 2. The highest BCUT2D eigenvalue weighted by Gasteiger charge is 2.39. The molecule has 1 atom stereocenters. The Balaban J connectivity index is 1.48. The quantitative estimate of drug-likeness (QED) is 0.718. The molecule has 3 amide bonds. The molecule has 0 radical (unpaired) electrons. The Kier molecular flexibility index (Phi) is 5.46.